The maximum atomic E-state index is 6.36. The highest BCUT2D eigenvalue weighted by Crippen LogP contribution is 2.37. The predicted molar refractivity (Wildman–Crippen MR) is 197 cm³/mol. The van der Waals surface area contributed by atoms with Crippen LogP contribution in [0.5, 0.6) is 11.5 Å². The fraction of sp³-hybridized carbons (Fsp3) is 0.0500. The second-order valence-corrected chi connectivity index (χ2v) is 12.5. The van der Waals surface area contributed by atoms with Crippen molar-refractivity contribution in [3.63, 3.8) is 0 Å². The van der Waals surface area contributed by atoms with Gasteiger partial charge in [0, 0.05) is 36.9 Å². The molecule has 0 saturated carbocycles. The van der Waals surface area contributed by atoms with E-state index in [2.05, 4.69) is 83.8 Å². The van der Waals surface area contributed by atoms with Crippen LogP contribution in [0.4, 0.5) is 17.1 Å². The van der Waals surface area contributed by atoms with E-state index in [0.29, 0.717) is 10.0 Å². The van der Waals surface area contributed by atoms with Crippen molar-refractivity contribution in [2.75, 3.05) is 19.1 Å². The zero-order valence-corrected chi connectivity index (χ0v) is 27.7. The third-order valence-corrected chi connectivity index (χ3v) is 8.93. The molecule has 0 unspecified atom stereocenters. The minimum Gasteiger partial charge on any atom is -0.497 e. The van der Waals surface area contributed by atoms with Gasteiger partial charge in [-0.15, -0.1) is 11.3 Å². The number of anilines is 3. The van der Waals surface area contributed by atoms with Gasteiger partial charge in [-0.3, -0.25) is 0 Å². The van der Waals surface area contributed by atoms with Gasteiger partial charge in [0.15, 0.2) is 0 Å². The number of ether oxygens (including phenoxy) is 2. The molecule has 0 spiro atoms. The molecule has 1 heterocycles. The van der Waals surface area contributed by atoms with Crippen molar-refractivity contribution in [3.05, 3.63) is 170 Å². The van der Waals surface area contributed by atoms with Gasteiger partial charge < -0.3 is 14.4 Å². The number of rotatable bonds is 10. The summed E-state index contributed by atoms with van der Waals surface area (Å²) in [6, 6.07) is 44.7. The summed E-state index contributed by atoms with van der Waals surface area (Å²) >= 11 is 14.5. The summed E-state index contributed by atoms with van der Waals surface area (Å²) in [7, 11) is 3.36. The Morgan fingerprint density at radius 3 is 1.59 bits per heavy atom. The van der Waals surface area contributed by atoms with Crippen molar-refractivity contribution >= 4 is 75.4 Å². The van der Waals surface area contributed by atoms with Crippen LogP contribution in [-0.2, 0) is 0 Å². The minimum absolute atomic E-state index is 0.675. The molecule has 3 nitrogen and oxygen atoms in total. The van der Waals surface area contributed by atoms with Gasteiger partial charge in [-0.25, -0.2) is 0 Å². The summed E-state index contributed by atoms with van der Waals surface area (Å²) < 4.78 is 10.8. The number of nitrogens with zero attached hydrogens (tertiary/aromatic N) is 1. The van der Waals surface area contributed by atoms with Crippen LogP contribution >= 0.6 is 34.5 Å². The molecule has 0 aliphatic carbocycles. The van der Waals surface area contributed by atoms with Gasteiger partial charge in [0.05, 0.1) is 14.2 Å². The molecule has 0 amide bonds. The van der Waals surface area contributed by atoms with Crippen LogP contribution in [0.3, 0.4) is 0 Å². The molecule has 0 saturated heterocycles. The average Bonchev–Trinajstić information content (AvgIpc) is 3.55. The van der Waals surface area contributed by atoms with E-state index in [9.17, 15) is 0 Å². The van der Waals surface area contributed by atoms with E-state index in [1.807, 2.05) is 72.8 Å². The first-order valence-corrected chi connectivity index (χ1v) is 16.3. The van der Waals surface area contributed by atoms with Crippen LogP contribution in [-0.4, -0.2) is 14.2 Å². The normalized spacial score (nSPS) is 11.0. The Morgan fingerprint density at radius 2 is 1.09 bits per heavy atom. The molecular weight excluding hydrogens is 629 g/mol. The molecule has 0 aliphatic heterocycles. The Morgan fingerprint density at radius 1 is 0.565 bits per heavy atom. The Labute approximate surface area is 284 Å². The van der Waals surface area contributed by atoms with Crippen molar-refractivity contribution in [2.45, 2.75) is 0 Å². The highest BCUT2D eigenvalue weighted by atomic mass is 35.5. The van der Waals surface area contributed by atoms with Crippen molar-refractivity contribution in [2.24, 2.45) is 0 Å². The maximum absolute atomic E-state index is 6.36. The number of thiophene rings is 1. The van der Waals surface area contributed by atoms with E-state index >= 15 is 0 Å². The van der Waals surface area contributed by atoms with Gasteiger partial charge in [0.25, 0.3) is 0 Å². The lowest BCUT2D eigenvalue weighted by molar-refractivity contribution is 0.414. The lowest BCUT2D eigenvalue weighted by atomic mass is 9.97. The van der Waals surface area contributed by atoms with Crippen molar-refractivity contribution in [1.82, 2.24) is 0 Å². The molecule has 46 heavy (non-hydrogen) atoms. The molecule has 228 valence electrons. The molecule has 0 N–H and O–H groups in total. The Bertz CT molecular complexity index is 1880. The number of hydrogen-bond acceptors (Lipinski definition) is 4. The van der Waals surface area contributed by atoms with E-state index in [0.717, 1.165) is 55.7 Å². The smallest absolute Gasteiger partial charge is 0.118 e. The van der Waals surface area contributed by atoms with Crippen LogP contribution in [0, 0.1) is 0 Å². The summed E-state index contributed by atoms with van der Waals surface area (Å²) in [5.74, 6) is 1.66. The Hall–Kier alpha value is -4.74. The SMILES string of the molecule is COc1ccc(C(=Cc2ccc(C=Cc3ccc(N(c4cccc(Cl)c4)c4cccc(Cl)c4)cc3)s2)c2ccc(OC)cc2)cc1. The summed E-state index contributed by atoms with van der Waals surface area (Å²) in [5, 5.41) is 1.35. The largest absolute Gasteiger partial charge is 0.497 e. The van der Waals surface area contributed by atoms with Gasteiger partial charge in [-0.1, -0.05) is 77.8 Å². The van der Waals surface area contributed by atoms with Gasteiger partial charge >= 0.3 is 0 Å². The quantitative estimate of drug-likeness (QED) is 0.146. The van der Waals surface area contributed by atoms with Crippen molar-refractivity contribution < 1.29 is 9.47 Å². The standard InChI is InChI=1S/C40H31Cl2NO2S/c1-44-36-18-12-29(13-19-36)40(30-14-20-37(45-2)21-15-30)27-39-24-23-38(46-39)22-11-28-9-16-33(17-10-28)43(34-7-3-5-31(41)25-34)35-8-4-6-32(42)26-35/h3-27H,1-2H3. The average molecular weight is 661 g/mol. The van der Waals surface area contributed by atoms with E-state index in [1.54, 1.807) is 25.6 Å². The molecule has 6 rings (SSSR count). The molecule has 0 bridgehead atoms. The molecule has 0 fully saturated rings. The number of benzene rings is 5. The second-order valence-electron chi connectivity index (χ2n) is 10.5. The van der Waals surface area contributed by atoms with Gasteiger partial charge in [0.2, 0.25) is 0 Å². The molecule has 0 aliphatic rings. The van der Waals surface area contributed by atoms with E-state index in [-0.39, 0.29) is 0 Å². The predicted octanol–water partition coefficient (Wildman–Crippen LogP) is 12.3. The monoisotopic (exact) mass is 659 g/mol. The molecule has 0 radical (unpaired) electrons. The molecule has 1 aromatic heterocycles. The molecule has 5 aromatic carbocycles. The second kappa shape index (κ2) is 14.6. The lowest BCUT2D eigenvalue weighted by Crippen LogP contribution is -2.09. The Balaban J connectivity index is 1.25. The molecule has 6 aromatic rings. The first-order chi connectivity index (χ1) is 22.5. The fourth-order valence-electron chi connectivity index (χ4n) is 5.14. The Kier molecular flexibility index (Phi) is 9.90. The van der Waals surface area contributed by atoms with E-state index in [4.69, 9.17) is 32.7 Å². The van der Waals surface area contributed by atoms with Crippen LogP contribution in [0.25, 0.3) is 23.8 Å². The van der Waals surface area contributed by atoms with Gasteiger partial charge in [-0.05, 0) is 119 Å². The number of halogens is 2. The molecular formula is C40H31Cl2NO2S. The van der Waals surface area contributed by atoms with Gasteiger partial charge in [-0.2, -0.15) is 0 Å². The zero-order valence-electron chi connectivity index (χ0n) is 25.4. The first kappa shape index (κ1) is 31.3. The van der Waals surface area contributed by atoms with Crippen molar-refractivity contribution in [3.8, 4) is 11.5 Å². The third-order valence-electron chi connectivity index (χ3n) is 7.46. The molecule has 6 heteroatoms. The topological polar surface area (TPSA) is 21.7 Å². The van der Waals surface area contributed by atoms with E-state index in [1.165, 1.54) is 4.88 Å². The van der Waals surface area contributed by atoms with Gasteiger partial charge in [0.1, 0.15) is 11.5 Å². The van der Waals surface area contributed by atoms with E-state index < -0.39 is 0 Å². The molecule has 0 atom stereocenters. The van der Waals surface area contributed by atoms with Crippen molar-refractivity contribution in [1.29, 1.82) is 0 Å². The highest BCUT2D eigenvalue weighted by molar-refractivity contribution is 7.13. The summed E-state index contributed by atoms with van der Waals surface area (Å²) in [4.78, 5) is 4.47. The maximum Gasteiger partial charge on any atom is 0.118 e. The first-order valence-electron chi connectivity index (χ1n) is 14.7. The van der Waals surface area contributed by atoms with Crippen LogP contribution in [0.2, 0.25) is 10.0 Å². The number of methoxy groups -OCH3 is 2. The minimum atomic E-state index is 0.675. The number of hydrogen-bond donors (Lipinski definition) is 0. The summed E-state index contributed by atoms with van der Waals surface area (Å²) in [5.41, 5.74) is 7.38. The highest BCUT2D eigenvalue weighted by Gasteiger charge is 2.13. The summed E-state index contributed by atoms with van der Waals surface area (Å²) in [6.07, 6.45) is 6.53. The van der Waals surface area contributed by atoms with Crippen LogP contribution in [0.15, 0.2) is 133 Å². The van der Waals surface area contributed by atoms with Crippen LogP contribution < -0.4 is 14.4 Å². The lowest BCUT2D eigenvalue weighted by Gasteiger charge is -2.25. The fourth-order valence-corrected chi connectivity index (χ4v) is 6.37. The third kappa shape index (κ3) is 7.55. The zero-order chi connectivity index (χ0) is 31.9. The van der Waals surface area contributed by atoms with Crippen LogP contribution in [0.1, 0.15) is 26.4 Å². The summed E-state index contributed by atoms with van der Waals surface area (Å²) in [6.45, 7) is 0.